The molecular weight excluding hydrogens is 494 g/mol. The van der Waals surface area contributed by atoms with Crippen LogP contribution in [0.1, 0.15) is 53.1 Å². The van der Waals surface area contributed by atoms with E-state index in [4.69, 9.17) is 16.3 Å². The molecule has 2 fully saturated rings. The molecule has 0 aromatic heterocycles. The summed E-state index contributed by atoms with van der Waals surface area (Å²) in [5, 5.41) is 3.51. The van der Waals surface area contributed by atoms with Gasteiger partial charge in [0.1, 0.15) is 11.9 Å². The van der Waals surface area contributed by atoms with E-state index in [9.17, 15) is 4.79 Å². The second-order valence-electron chi connectivity index (χ2n) is 10.4. The predicted octanol–water partition coefficient (Wildman–Crippen LogP) is 5.84. The molecule has 0 unspecified atom stereocenters. The van der Waals surface area contributed by atoms with Crippen molar-refractivity contribution in [3.63, 3.8) is 0 Å². The van der Waals surface area contributed by atoms with Gasteiger partial charge < -0.3 is 19.9 Å². The number of benzene rings is 3. The third-order valence-corrected chi connectivity index (χ3v) is 8.07. The van der Waals surface area contributed by atoms with Gasteiger partial charge in [-0.25, -0.2) is 0 Å². The van der Waals surface area contributed by atoms with Crippen molar-refractivity contribution in [2.24, 2.45) is 0 Å². The maximum Gasteiger partial charge on any atom is 0.251 e. The van der Waals surface area contributed by atoms with Crippen molar-refractivity contribution in [2.75, 3.05) is 45.8 Å². The summed E-state index contributed by atoms with van der Waals surface area (Å²) in [4.78, 5) is 17.5. The fourth-order valence-corrected chi connectivity index (χ4v) is 5.82. The molecule has 3 aromatic rings. The smallest absolute Gasteiger partial charge is 0.251 e. The van der Waals surface area contributed by atoms with E-state index in [0.29, 0.717) is 28.8 Å². The molecule has 0 radical (unpaired) electrons. The van der Waals surface area contributed by atoms with Crippen molar-refractivity contribution in [3.8, 4) is 5.75 Å². The lowest BCUT2D eigenvalue weighted by molar-refractivity contribution is 0.0948. The highest BCUT2D eigenvalue weighted by atomic mass is 35.5. The third-order valence-electron chi connectivity index (χ3n) is 7.78. The molecule has 6 heteroatoms. The van der Waals surface area contributed by atoms with Crippen LogP contribution in [0.2, 0.25) is 5.02 Å². The number of ether oxygens (including phenoxy) is 1. The van der Waals surface area contributed by atoms with Crippen LogP contribution in [-0.2, 0) is 0 Å². The average Bonchev–Trinajstić information content (AvgIpc) is 3.48. The zero-order valence-corrected chi connectivity index (χ0v) is 22.8. The van der Waals surface area contributed by atoms with E-state index in [1.165, 1.54) is 24.0 Å². The quantitative estimate of drug-likeness (QED) is 0.357. The highest BCUT2D eigenvalue weighted by Crippen LogP contribution is 2.30. The van der Waals surface area contributed by atoms with Gasteiger partial charge in [0.05, 0.1) is 5.02 Å². The van der Waals surface area contributed by atoms with Crippen LogP contribution in [0.25, 0.3) is 0 Å². The number of nitrogens with one attached hydrogen (secondary N) is 1. The molecule has 2 aliphatic rings. The van der Waals surface area contributed by atoms with Crippen molar-refractivity contribution in [1.82, 2.24) is 15.1 Å². The Bertz CT molecular complexity index is 1120. The summed E-state index contributed by atoms with van der Waals surface area (Å²) in [7, 11) is 0. The van der Waals surface area contributed by atoms with Gasteiger partial charge in [-0.05, 0) is 68.1 Å². The fourth-order valence-electron chi connectivity index (χ4n) is 5.59. The van der Waals surface area contributed by atoms with Crippen LogP contribution < -0.4 is 10.1 Å². The first-order valence-corrected chi connectivity index (χ1v) is 14.3. The number of hydrogen-bond acceptors (Lipinski definition) is 4. The molecule has 3 aromatic carbocycles. The van der Waals surface area contributed by atoms with Crippen molar-refractivity contribution in [3.05, 3.63) is 101 Å². The van der Waals surface area contributed by atoms with E-state index in [1.807, 2.05) is 12.1 Å². The Labute approximate surface area is 231 Å². The number of piperidine rings is 1. The van der Waals surface area contributed by atoms with Crippen molar-refractivity contribution < 1.29 is 9.53 Å². The van der Waals surface area contributed by atoms with Gasteiger partial charge in [-0.2, -0.15) is 0 Å². The monoisotopic (exact) mass is 531 g/mol. The van der Waals surface area contributed by atoms with Gasteiger partial charge in [0.2, 0.25) is 0 Å². The first kappa shape index (κ1) is 26.7. The molecule has 2 saturated heterocycles. The van der Waals surface area contributed by atoms with Gasteiger partial charge in [-0.1, -0.05) is 72.3 Å². The minimum Gasteiger partial charge on any atom is -0.489 e. The number of carbonyl (C=O) groups is 1. The number of hydrogen-bond donors (Lipinski definition) is 1. The number of amides is 1. The van der Waals surface area contributed by atoms with E-state index >= 15 is 0 Å². The molecule has 0 saturated carbocycles. The molecule has 0 atom stereocenters. The van der Waals surface area contributed by atoms with Crippen LogP contribution in [0.3, 0.4) is 0 Å². The van der Waals surface area contributed by atoms with Crippen LogP contribution in [0.4, 0.5) is 0 Å². The highest BCUT2D eigenvalue weighted by Gasteiger charge is 2.25. The fraction of sp³-hybridized carbons (Fsp3) is 0.406. The van der Waals surface area contributed by atoms with E-state index in [0.717, 1.165) is 52.1 Å². The van der Waals surface area contributed by atoms with Crippen molar-refractivity contribution >= 4 is 17.5 Å². The van der Waals surface area contributed by atoms with Crippen LogP contribution in [-0.4, -0.2) is 67.6 Å². The zero-order valence-electron chi connectivity index (χ0n) is 22.0. The number of carbonyl (C=O) groups excluding carboxylic acids is 1. The molecule has 5 nitrogen and oxygen atoms in total. The first-order valence-electron chi connectivity index (χ1n) is 13.9. The van der Waals surface area contributed by atoms with Crippen LogP contribution >= 0.6 is 11.6 Å². The summed E-state index contributed by atoms with van der Waals surface area (Å²) in [6.45, 7) is 6.77. The maximum absolute atomic E-state index is 12.6. The lowest BCUT2D eigenvalue weighted by Crippen LogP contribution is -2.40. The molecule has 0 spiro atoms. The van der Waals surface area contributed by atoms with E-state index in [1.54, 1.807) is 6.07 Å². The molecule has 2 aliphatic heterocycles. The molecule has 1 amide bonds. The minimum atomic E-state index is -0.0858. The topological polar surface area (TPSA) is 44.8 Å². The predicted molar refractivity (Wildman–Crippen MR) is 154 cm³/mol. The Morgan fingerprint density at radius 3 is 2.11 bits per heavy atom. The van der Waals surface area contributed by atoms with Crippen LogP contribution in [0, 0.1) is 0 Å². The second kappa shape index (κ2) is 13.3. The SMILES string of the molecule is O=C(NCCN1CCCC1)c1ccc(OC2CCN(CC(c3ccccc3)c3ccccc3)CC2)c(Cl)c1. The van der Waals surface area contributed by atoms with E-state index in [2.05, 4.69) is 75.8 Å². The summed E-state index contributed by atoms with van der Waals surface area (Å²) >= 11 is 6.54. The van der Waals surface area contributed by atoms with Gasteiger partial charge >= 0.3 is 0 Å². The Hall–Kier alpha value is -2.86. The number of nitrogens with zero attached hydrogens (tertiary/aromatic N) is 2. The normalized spacial score (nSPS) is 17.1. The van der Waals surface area contributed by atoms with Gasteiger partial charge in [-0.15, -0.1) is 0 Å². The summed E-state index contributed by atoms with van der Waals surface area (Å²) in [6.07, 6.45) is 4.53. The molecule has 1 N–H and O–H groups in total. The van der Waals surface area contributed by atoms with E-state index < -0.39 is 0 Å². The maximum atomic E-state index is 12.6. The van der Waals surface area contributed by atoms with E-state index in [-0.39, 0.29) is 12.0 Å². The zero-order chi connectivity index (χ0) is 26.2. The Morgan fingerprint density at radius 2 is 1.50 bits per heavy atom. The third kappa shape index (κ3) is 7.16. The van der Waals surface area contributed by atoms with Gasteiger partial charge in [0.15, 0.2) is 0 Å². The number of likely N-dealkylation sites (tertiary alicyclic amines) is 2. The van der Waals surface area contributed by atoms with Gasteiger partial charge in [0, 0.05) is 44.2 Å². The summed E-state index contributed by atoms with van der Waals surface area (Å²) in [6, 6.07) is 26.9. The van der Waals surface area contributed by atoms with Gasteiger partial charge in [0.25, 0.3) is 5.91 Å². The lowest BCUT2D eigenvalue weighted by atomic mass is 9.90. The van der Waals surface area contributed by atoms with Crippen molar-refractivity contribution in [1.29, 1.82) is 0 Å². The minimum absolute atomic E-state index is 0.0858. The largest absolute Gasteiger partial charge is 0.489 e. The molecule has 38 heavy (non-hydrogen) atoms. The Kier molecular flexibility index (Phi) is 9.34. The van der Waals surface area contributed by atoms with Crippen LogP contribution in [0.15, 0.2) is 78.9 Å². The Morgan fingerprint density at radius 1 is 0.868 bits per heavy atom. The Balaban J connectivity index is 1.12. The second-order valence-corrected chi connectivity index (χ2v) is 10.8. The molecule has 0 bridgehead atoms. The molecule has 200 valence electrons. The molecule has 2 heterocycles. The standard InChI is InChI=1S/C32H38ClN3O2/c33-30-23-27(32(37)34-17-22-35-18-7-8-19-35)13-14-31(30)38-28-15-20-36(21-16-28)24-29(25-9-3-1-4-10-25)26-11-5-2-6-12-26/h1-6,9-14,23,28-29H,7-8,15-22,24H2,(H,34,37). The first-order chi connectivity index (χ1) is 18.7. The lowest BCUT2D eigenvalue weighted by Gasteiger charge is -2.34. The molecular formula is C32H38ClN3O2. The summed E-state index contributed by atoms with van der Waals surface area (Å²) in [5.74, 6) is 0.917. The average molecular weight is 532 g/mol. The molecule has 5 rings (SSSR count). The van der Waals surface area contributed by atoms with Gasteiger partial charge in [-0.3, -0.25) is 4.79 Å². The highest BCUT2D eigenvalue weighted by molar-refractivity contribution is 6.32. The summed E-state index contributed by atoms with van der Waals surface area (Å²) in [5.41, 5.74) is 3.28. The number of halogens is 1. The molecule has 0 aliphatic carbocycles. The van der Waals surface area contributed by atoms with Crippen molar-refractivity contribution in [2.45, 2.75) is 37.7 Å². The number of rotatable bonds is 10. The van der Waals surface area contributed by atoms with Crippen LogP contribution in [0.5, 0.6) is 5.75 Å². The summed E-state index contributed by atoms with van der Waals surface area (Å²) < 4.78 is 6.30.